The van der Waals surface area contributed by atoms with Crippen molar-refractivity contribution in [2.45, 2.75) is 32.0 Å². The largest absolute Gasteiger partial charge is 0.477 e. The number of hydrogen-bond donors (Lipinski definition) is 1. The summed E-state index contributed by atoms with van der Waals surface area (Å²) in [6.07, 6.45) is 7.88. The summed E-state index contributed by atoms with van der Waals surface area (Å²) < 4.78 is 35.8. The second-order valence-corrected chi connectivity index (χ2v) is 8.52. The van der Waals surface area contributed by atoms with Crippen LogP contribution in [0.2, 0.25) is 0 Å². The lowest BCUT2D eigenvalue weighted by Crippen LogP contribution is -2.32. The van der Waals surface area contributed by atoms with Crippen molar-refractivity contribution >= 4 is 22.4 Å². The Balaban J connectivity index is 1.84. The van der Waals surface area contributed by atoms with Gasteiger partial charge in [0.15, 0.2) is 6.23 Å². The summed E-state index contributed by atoms with van der Waals surface area (Å²) >= 11 is 0. The maximum absolute atomic E-state index is 14.6. The number of aryl methyl sites for hydroxylation is 2. The van der Waals surface area contributed by atoms with Crippen molar-refractivity contribution in [3.8, 4) is 0 Å². The van der Waals surface area contributed by atoms with Crippen molar-refractivity contribution in [1.29, 1.82) is 0 Å². The van der Waals surface area contributed by atoms with Crippen LogP contribution >= 0.6 is 0 Å². The van der Waals surface area contributed by atoms with Crippen LogP contribution in [0.15, 0.2) is 48.7 Å². The molecule has 3 aromatic rings. The predicted molar refractivity (Wildman–Crippen MR) is 122 cm³/mol. The summed E-state index contributed by atoms with van der Waals surface area (Å²) in [4.78, 5) is 14.6. The third kappa shape index (κ3) is 3.43. The lowest BCUT2D eigenvalue weighted by molar-refractivity contribution is 0.0527. The van der Waals surface area contributed by atoms with Crippen LogP contribution in [0.25, 0.3) is 16.5 Å². The lowest BCUT2D eigenvalue weighted by Gasteiger charge is -2.30. The number of methoxy groups -OCH3 is 1. The minimum absolute atomic E-state index is 0.0472. The number of nitrogens with zero attached hydrogens (tertiary/aromatic N) is 2. The summed E-state index contributed by atoms with van der Waals surface area (Å²) in [5.74, 6) is -2.27. The summed E-state index contributed by atoms with van der Waals surface area (Å²) in [7, 11) is 3.45. The van der Waals surface area contributed by atoms with E-state index in [2.05, 4.69) is 0 Å². The Morgan fingerprint density at radius 3 is 2.79 bits per heavy atom. The fourth-order valence-corrected chi connectivity index (χ4v) is 5.20. The number of likely N-dealkylation sites (N-methyl/N-ethyl adjacent to an activating group) is 1. The van der Waals surface area contributed by atoms with Gasteiger partial charge in [0.1, 0.15) is 17.3 Å². The number of fused-ring (bicyclic) bond motifs is 3. The number of ether oxygens (including phenoxy) is 1. The molecule has 1 aromatic heterocycles. The van der Waals surface area contributed by atoms with Gasteiger partial charge in [0.05, 0.1) is 6.54 Å². The first kappa shape index (κ1) is 21.4. The van der Waals surface area contributed by atoms with E-state index in [9.17, 15) is 18.7 Å². The lowest BCUT2D eigenvalue weighted by atomic mass is 9.94. The highest BCUT2D eigenvalue weighted by Crippen LogP contribution is 2.41. The number of carboxylic acids is 1. The highest BCUT2D eigenvalue weighted by molar-refractivity contribution is 6.07. The van der Waals surface area contributed by atoms with Gasteiger partial charge in [-0.3, -0.25) is 0 Å². The highest BCUT2D eigenvalue weighted by Gasteiger charge is 2.33. The molecular weight excluding hydrogens is 426 g/mol. The number of rotatable bonds is 5. The second-order valence-electron chi connectivity index (χ2n) is 8.52. The van der Waals surface area contributed by atoms with Crippen molar-refractivity contribution < 1.29 is 23.4 Å². The number of allylic oxidation sites excluding steroid dienone is 2. The number of aromatic carboxylic acids is 1. The van der Waals surface area contributed by atoms with Crippen LogP contribution in [0.5, 0.6) is 0 Å². The Hall–Kier alpha value is -3.45. The maximum atomic E-state index is 14.6. The molecule has 1 unspecified atom stereocenters. The Labute approximate surface area is 190 Å². The topological polar surface area (TPSA) is 54.7 Å². The molecule has 0 saturated carbocycles. The van der Waals surface area contributed by atoms with Crippen molar-refractivity contribution in [2.24, 2.45) is 0 Å². The van der Waals surface area contributed by atoms with E-state index in [0.717, 1.165) is 54.0 Å². The van der Waals surface area contributed by atoms with E-state index < -0.39 is 23.8 Å². The van der Waals surface area contributed by atoms with Gasteiger partial charge in [-0.15, -0.1) is 0 Å². The zero-order chi connectivity index (χ0) is 23.3. The number of benzene rings is 2. The van der Waals surface area contributed by atoms with Crippen LogP contribution in [0.1, 0.15) is 39.2 Å². The van der Waals surface area contributed by atoms with Crippen LogP contribution in [0.3, 0.4) is 0 Å². The van der Waals surface area contributed by atoms with Crippen molar-refractivity contribution in [3.05, 3.63) is 88.3 Å². The molecule has 1 N–H and O–H groups in total. The average Bonchev–Trinajstić information content (AvgIpc) is 3.38. The zero-order valence-electron chi connectivity index (χ0n) is 18.4. The van der Waals surface area contributed by atoms with Gasteiger partial charge in [0.2, 0.25) is 0 Å². The molecule has 5 nitrogen and oxygen atoms in total. The predicted octanol–water partition coefficient (Wildman–Crippen LogP) is 4.97. The number of halogens is 2. The molecule has 5 rings (SSSR count). The van der Waals surface area contributed by atoms with Crippen molar-refractivity contribution in [1.82, 2.24) is 9.47 Å². The summed E-state index contributed by atoms with van der Waals surface area (Å²) in [6.45, 7) is -0.100. The molecule has 1 aliphatic carbocycles. The number of aromatic nitrogens is 1. The Bertz CT molecular complexity index is 1340. The third-order valence-corrected chi connectivity index (χ3v) is 6.59. The first-order chi connectivity index (χ1) is 15.9. The molecule has 0 amide bonds. The van der Waals surface area contributed by atoms with Crippen LogP contribution in [0, 0.1) is 11.6 Å². The van der Waals surface area contributed by atoms with E-state index in [1.807, 2.05) is 42.4 Å². The van der Waals surface area contributed by atoms with Gasteiger partial charge in [-0.25, -0.2) is 13.6 Å². The van der Waals surface area contributed by atoms with Gasteiger partial charge >= 0.3 is 5.97 Å². The average molecular weight is 450 g/mol. The second kappa shape index (κ2) is 8.15. The van der Waals surface area contributed by atoms with E-state index in [-0.39, 0.29) is 17.8 Å². The van der Waals surface area contributed by atoms with Crippen LogP contribution in [-0.2, 0) is 24.1 Å². The van der Waals surface area contributed by atoms with Crippen LogP contribution in [-0.4, -0.2) is 40.9 Å². The molecule has 2 aromatic carbocycles. The monoisotopic (exact) mass is 450 g/mol. The number of carboxylic acid groups (broad SMARTS) is 1. The highest BCUT2D eigenvalue weighted by atomic mass is 19.1. The summed E-state index contributed by atoms with van der Waals surface area (Å²) in [5.41, 5.74) is 4.46. The molecule has 2 heterocycles. The standard InChI is InChI=1S/C26H24F2N2O3/c1-29-12-4-7-19(25(29)33-2)23-22-18-6-3-5-15(18)8-11-21(22)30(24(23)26(31)32)14-16-13-17(27)9-10-20(16)28/h4,7-13,25H,3,5-6,14H2,1-2H3,(H,31,32). The van der Waals surface area contributed by atoms with Gasteiger partial charge in [-0.2, -0.15) is 0 Å². The van der Waals surface area contributed by atoms with Gasteiger partial charge in [0, 0.05) is 48.0 Å². The molecule has 0 saturated heterocycles. The minimum atomic E-state index is -1.13. The van der Waals surface area contributed by atoms with Crippen LogP contribution in [0.4, 0.5) is 8.78 Å². The molecular formula is C26H24F2N2O3. The Morgan fingerprint density at radius 2 is 2.03 bits per heavy atom. The van der Waals surface area contributed by atoms with E-state index in [1.54, 1.807) is 11.7 Å². The number of hydrogen-bond acceptors (Lipinski definition) is 3. The maximum Gasteiger partial charge on any atom is 0.353 e. The molecule has 0 spiro atoms. The minimum Gasteiger partial charge on any atom is -0.477 e. The molecule has 0 bridgehead atoms. The molecule has 7 heteroatoms. The first-order valence-electron chi connectivity index (χ1n) is 10.9. The normalized spacial score (nSPS) is 17.5. The van der Waals surface area contributed by atoms with Crippen molar-refractivity contribution in [3.63, 3.8) is 0 Å². The van der Waals surface area contributed by atoms with Crippen LogP contribution < -0.4 is 0 Å². The van der Waals surface area contributed by atoms with Gasteiger partial charge in [0.25, 0.3) is 0 Å². The first-order valence-corrected chi connectivity index (χ1v) is 10.9. The Kier molecular flexibility index (Phi) is 5.29. The zero-order valence-corrected chi connectivity index (χ0v) is 18.4. The van der Waals surface area contributed by atoms with Gasteiger partial charge in [-0.05, 0) is 60.7 Å². The number of carbonyl (C=O) groups is 1. The van der Waals surface area contributed by atoms with Gasteiger partial charge < -0.3 is 19.3 Å². The third-order valence-electron chi connectivity index (χ3n) is 6.59. The SMILES string of the molecule is COC1C(c2c(C(=O)O)n(Cc3cc(F)ccc3F)c3ccc4c(c23)CCC4)=CC=CN1C. The summed E-state index contributed by atoms with van der Waals surface area (Å²) in [5, 5.41) is 11.2. The molecule has 170 valence electrons. The molecule has 1 atom stereocenters. The smallest absolute Gasteiger partial charge is 0.353 e. The molecule has 33 heavy (non-hydrogen) atoms. The fraction of sp³-hybridized carbons (Fsp3) is 0.269. The molecule has 1 aliphatic heterocycles. The molecule has 0 fully saturated rings. The Morgan fingerprint density at radius 1 is 1.21 bits per heavy atom. The van der Waals surface area contributed by atoms with E-state index >= 15 is 0 Å². The quantitative estimate of drug-likeness (QED) is 0.596. The van der Waals surface area contributed by atoms with E-state index in [0.29, 0.717) is 11.1 Å². The molecule has 0 radical (unpaired) electrons. The summed E-state index contributed by atoms with van der Waals surface area (Å²) in [6, 6.07) is 7.17. The van der Waals surface area contributed by atoms with E-state index in [4.69, 9.17) is 4.74 Å². The molecule has 2 aliphatic rings. The fourth-order valence-electron chi connectivity index (χ4n) is 5.20. The van der Waals surface area contributed by atoms with Crippen molar-refractivity contribution in [2.75, 3.05) is 14.2 Å². The van der Waals surface area contributed by atoms with E-state index in [1.165, 1.54) is 5.56 Å². The van der Waals surface area contributed by atoms with Gasteiger partial charge in [-0.1, -0.05) is 12.1 Å².